The molecule has 13 aromatic rings. The second-order valence-corrected chi connectivity index (χ2v) is 16.8. The lowest BCUT2D eigenvalue weighted by molar-refractivity contribution is 1.29. The van der Waals surface area contributed by atoms with E-state index in [0.29, 0.717) is 0 Å². The predicted molar refractivity (Wildman–Crippen MR) is 271 cm³/mol. The number of hydrogen-bond acceptors (Lipinski definition) is 1. The van der Waals surface area contributed by atoms with E-state index in [4.69, 9.17) is 0 Å². The highest BCUT2D eigenvalue weighted by atomic mass is 15.1. The van der Waals surface area contributed by atoms with Gasteiger partial charge in [-0.15, -0.1) is 0 Å². The standard InChI is InChI=1S/C62H39N/c1-2-10-40(11-3-1)42-30-34-50(35-31-42)63(51-36-32-43(33-37-51)41-22-24-45(25-23-41)54-18-6-13-44-12-4-5-17-53(44)54)52-38-49-29-28-48-15-8-20-56-55-19-7-14-46-26-27-47-16-9-21-57(61(47)59(46)55)58(39-52)62(49)60(48)56/h1-39H. The first-order valence-electron chi connectivity index (χ1n) is 21.8. The lowest BCUT2D eigenvalue weighted by Crippen LogP contribution is -2.10. The first-order chi connectivity index (χ1) is 31.2. The molecule has 0 heterocycles. The highest BCUT2D eigenvalue weighted by Crippen LogP contribution is 2.46. The summed E-state index contributed by atoms with van der Waals surface area (Å²) in [5.41, 5.74) is 10.6. The van der Waals surface area contributed by atoms with Gasteiger partial charge in [-0.25, -0.2) is 0 Å². The molecule has 0 aromatic heterocycles. The van der Waals surface area contributed by atoms with Crippen LogP contribution in [0, 0.1) is 0 Å². The highest BCUT2D eigenvalue weighted by molar-refractivity contribution is 6.37. The van der Waals surface area contributed by atoms with Crippen LogP contribution in [-0.4, -0.2) is 0 Å². The van der Waals surface area contributed by atoms with E-state index < -0.39 is 0 Å². The second-order valence-electron chi connectivity index (χ2n) is 16.8. The zero-order valence-corrected chi connectivity index (χ0v) is 34.5. The Hall–Kier alpha value is -8.26. The predicted octanol–water partition coefficient (Wildman–Crippen LogP) is 17.7. The summed E-state index contributed by atoms with van der Waals surface area (Å²) in [6.45, 7) is 0. The lowest BCUT2D eigenvalue weighted by atomic mass is 9.87. The molecule has 0 unspecified atom stereocenters. The molecule has 292 valence electrons. The van der Waals surface area contributed by atoms with E-state index in [1.165, 1.54) is 109 Å². The van der Waals surface area contributed by atoms with Gasteiger partial charge in [-0.2, -0.15) is 0 Å². The zero-order chi connectivity index (χ0) is 41.4. The Morgan fingerprint density at radius 1 is 0.206 bits per heavy atom. The second kappa shape index (κ2) is 14.2. The van der Waals surface area contributed by atoms with Crippen LogP contribution in [0.15, 0.2) is 237 Å². The molecule has 0 aliphatic heterocycles. The molecule has 0 atom stereocenters. The molecule has 0 saturated carbocycles. The summed E-state index contributed by atoms with van der Waals surface area (Å²) in [5, 5.41) is 17.9. The topological polar surface area (TPSA) is 3.24 Å². The molecule has 1 nitrogen and oxygen atoms in total. The van der Waals surface area contributed by atoms with Crippen LogP contribution < -0.4 is 4.90 Å². The Morgan fingerprint density at radius 3 is 1.19 bits per heavy atom. The van der Waals surface area contributed by atoms with Crippen molar-refractivity contribution in [1.82, 2.24) is 0 Å². The maximum Gasteiger partial charge on any atom is 0.0474 e. The van der Waals surface area contributed by atoms with Crippen LogP contribution in [0.3, 0.4) is 0 Å². The SMILES string of the molecule is c1ccc(-c2ccc(N(c3ccc(-c4ccc(-c5cccc6ccccc56)cc4)cc3)c3cc4ccc5cccc6c7cccc8ccc9cccc(c(c3)c4c56)c9c87)cc2)cc1. The van der Waals surface area contributed by atoms with Crippen LogP contribution in [0.5, 0.6) is 0 Å². The van der Waals surface area contributed by atoms with E-state index in [1.54, 1.807) is 0 Å². The molecule has 13 rings (SSSR count). The molecule has 0 saturated heterocycles. The molecule has 0 radical (unpaired) electrons. The molecule has 0 fully saturated rings. The van der Waals surface area contributed by atoms with Gasteiger partial charge in [0.2, 0.25) is 0 Å². The maximum absolute atomic E-state index is 2.45. The fraction of sp³-hybridized carbons (Fsp3) is 0. The number of nitrogens with zero attached hydrogens (tertiary/aromatic N) is 1. The normalized spacial score (nSPS) is 11.8. The van der Waals surface area contributed by atoms with E-state index in [2.05, 4.69) is 241 Å². The van der Waals surface area contributed by atoms with Gasteiger partial charge in [0.15, 0.2) is 0 Å². The van der Waals surface area contributed by atoms with E-state index in [0.717, 1.165) is 17.1 Å². The molecule has 0 N–H and O–H groups in total. The molecule has 0 bridgehead atoms. The summed E-state index contributed by atoms with van der Waals surface area (Å²) in [7, 11) is 0. The molecular weight excluding hydrogens is 759 g/mol. The molecule has 0 aliphatic carbocycles. The van der Waals surface area contributed by atoms with Gasteiger partial charge in [0.05, 0.1) is 0 Å². The van der Waals surface area contributed by atoms with Crippen molar-refractivity contribution < 1.29 is 0 Å². The van der Waals surface area contributed by atoms with Gasteiger partial charge in [-0.1, -0.05) is 200 Å². The van der Waals surface area contributed by atoms with Crippen molar-refractivity contribution in [3.05, 3.63) is 237 Å². The zero-order valence-electron chi connectivity index (χ0n) is 34.5. The number of fused-ring (bicyclic) bond motifs is 3. The van der Waals surface area contributed by atoms with Gasteiger partial charge >= 0.3 is 0 Å². The van der Waals surface area contributed by atoms with Crippen molar-refractivity contribution >= 4 is 92.5 Å². The fourth-order valence-electron chi connectivity index (χ4n) is 10.4. The Kier molecular flexibility index (Phi) is 7.98. The van der Waals surface area contributed by atoms with Crippen LogP contribution >= 0.6 is 0 Å². The average Bonchev–Trinajstić information content (AvgIpc) is 3.35. The van der Waals surface area contributed by atoms with E-state index in [9.17, 15) is 0 Å². The monoisotopic (exact) mass is 797 g/mol. The number of benzene rings is 12. The van der Waals surface area contributed by atoms with Crippen molar-refractivity contribution in [3.8, 4) is 33.4 Å². The van der Waals surface area contributed by atoms with E-state index >= 15 is 0 Å². The number of hydrogen-bond donors (Lipinski definition) is 0. The van der Waals surface area contributed by atoms with Crippen molar-refractivity contribution in [3.63, 3.8) is 0 Å². The Bertz CT molecular complexity index is 3850. The van der Waals surface area contributed by atoms with Crippen molar-refractivity contribution in [2.75, 3.05) is 4.90 Å². The van der Waals surface area contributed by atoms with Crippen molar-refractivity contribution in [2.45, 2.75) is 0 Å². The van der Waals surface area contributed by atoms with E-state index in [-0.39, 0.29) is 0 Å². The average molecular weight is 798 g/mol. The van der Waals surface area contributed by atoms with Gasteiger partial charge < -0.3 is 4.90 Å². The molecule has 1 heteroatoms. The minimum Gasteiger partial charge on any atom is -0.310 e. The third-order valence-corrected chi connectivity index (χ3v) is 13.3. The first kappa shape index (κ1) is 35.5. The quantitative estimate of drug-likeness (QED) is 0.152. The largest absolute Gasteiger partial charge is 0.310 e. The summed E-state index contributed by atoms with van der Waals surface area (Å²) in [4.78, 5) is 2.43. The molecule has 63 heavy (non-hydrogen) atoms. The summed E-state index contributed by atoms with van der Waals surface area (Å²) in [6.07, 6.45) is 0. The van der Waals surface area contributed by atoms with Crippen LogP contribution in [0.2, 0.25) is 0 Å². The van der Waals surface area contributed by atoms with E-state index in [1.807, 2.05) is 0 Å². The fourth-order valence-corrected chi connectivity index (χ4v) is 10.4. The van der Waals surface area contributed by atoms with Crippen molar-refractivity contribution in [1.29, 1.82) is 0 Å². The van der Waals surface area contributed by atoms with Crippen LogP contribution in [0.25, 0.3) is 109 Å². The molecule has 0 aliphatic rings. The lowest BCUT2D eigenvalue weighted by Gasteiger charge is -2.27. The Labute approximate surface area is 365 Å². The molecule has 0 spiro atoms. The third kappa shape index (κ3) is 5.71. The third-order valence-electron chi connectivity index (χ3n) is 13.3. The highest BCUT2D eigenvalue weighted by Gasteiger charge is 2.20. The van der Waals surface area contributed by atoms with Gasteiger partial charge in [0.1, 0.15) is 0 Å². The number of rotatable bonds is 6. The Balaban J connectivity index is 1.01. The first-order valence-corrected chi connectivity index (χ1v) is 21.8. The van der Waals surface area contributed by atoms with Gasteiger partial charge in [-0.3, -0.25) is 0 Å². The van der Waals surface area contributed by atoms with Gasteiger partial charge in [0, 0.05) is 17.1 Å². The molecular formula is C62H39N. The summed E-state index contributed by atoms with van der Waals surface area (Å²) in [6, 6.07) is 87.5. The maximum atomic E-state index is 2.45. The van der Waals surface area contributed by atoms with Crippen LogP contribution in [0.1, 0.15) is 0 Å². The molecule has 13 aromatic carbocycles. The summed E-state index contributed by atoms with van der Waals surface area (Å²) >= 11 is 0. The minimum absolute atomic E-state index is 1.10. The van der Waals surface area contributed by atoms with Crippen LogP contribution in [-0.2, 0) is 0 Å². The summed E-state index contributed by atoms with van der Waals surface area (Å²) < 4.78 is 0. The van der Waals surface area contributed by atoms with Crippen LogP contribution in [0.4, 0.5) is 17.1 Å². The summed E-state index contributed by atoms with van der Waals surface area (Å²) in [5.74, 6) is 0. The minimum atomic E-state index is 1.10. The molecule has 0 amide bonds. The smallest absolute Gasteiger partial charge is 0.0474 e. The van der Waals surface area contributed by atoms with Gasteiger partial charge in [-0.05, 0) is 145 Å². The van der Waals surface area contributed by atoms with Gasteiger partial charge in [0.25, 0.3) is 0 Å². The number of anilines is 3. The van der Waals surface area contributed by atoms with Crippen molar-refractivity contribution in [2.24, 2.45) is 0 Å². The Morgan fingerprint density at radius 2 is 0.603 bits per heavy atom.